The highest BCUT2D eigenvalue weighted by Crippen LogP contribution is 2.40. The minimum Gasteiger partial charge on any atom is -0.489 e. The largest absolute Gasteiger partial charge is 0.489 e. The first-order valence-corrected chi connectivity index (χ1v) is 10.4. The van der Waals surface area contributed by atoms with Crippen LogP contribution in [-0.2, 0) is 4.79 Å². The maximum Gasteiger partial charge on any atom is 0.246 e. The average Bonchev–Trinajstić information content (AvgIpc) is 3.19. The van der Waals surface area contributed by atoms with Gasteiger partial charge < -0.3 is 14.5 Å². The summed E-state index contributed by atoms with van der Waals surface area (Å²) in [6.07, 6.45) is 4.78. The van der Waals surface area contributed by atoms with Gasteiger partial charge in [-0.3, -0.25) is 4.79 Å². The van der Waals surface area contributed by atoms with Crippen LogP contribution in [0, 0.1) is 11.3 Å². The van der Waals surface area contributed by atoms with Crippen molar-refractivity contribution in [3.63, 3.8) is 0 Å². The molecular formula is C22H18BrN5O2. The molecule has 0 radical (unpaired) electrons. The molecule has 8 heteroatoms. The summed E-state index contributed by atoms with van der Waals surface area (Å²) in [5.74, 6) is 0.770. The minimum absolute atomic E-state index is 0.0384. The number of halogens is 1. The average molecular weight is 464 g/mol. The third kappa shape index (κ3) is 2.94. The van der Waals surface area contributed by atoms with Gasteiger partial charge in [0.2, 0.25) is 5.91 Å². The second-order valence-corrected chi connectivity index (χ2v) is 8.28. The van der Waals surface area contributed by atoms with Crippen molar-refractivity contribution in [2.45, 2.75) is 6.04 Å². The molecule has 150 valence electrons. The molecule has 1 fully saturated rings. The van der Waals surface area contributed by atoms with Gasteiger partial charge in [-0.2, -0.15) is 10.4 Å². The normalized spacial score (nSPS) is 17.7. The standard InChI is InChI=1S/C22H18BrN5O2/c1-2-21(29)26-5-6-27-17(12-26)13-30-20-7-14(3-4-19(20)27)18-8-16(23)11-28-22(18)15(9-24)10-25-28/h2-4,7-8,10-11,17H,1,5-6,12-13H2/t17-/m1/s1. The number of benzene rings is 1. The van der Waals surface area contributed by atoms with Crippen LogP contribution in [0.15, 0.2) is 53.8 Å². The molecular weight excluding hydrogens is 446 g/mol. The van der Waals surface area contributed by atoms with E-state index >= 15 is 0 Å². The molecule has 1 atom stereocenters. The summed E-state index contributed by atoms with van der Waals surface area (Å²) in [5, 5.41) is 13.8. The van der Waals surface area contributed by atoms with Crippen LogP contribution in [-0.4, -0.2) is 52.7 Å². The molecule has 4 heterocycles. The van der Waals surface area contributed by atoms with Crippen molar-refractivity contribution in [1.29, 1.82) is 5.26 Å². The molecule has 0 unspecified atom stereocenters. The number of ether oxygens (including phenoxy) is 1. The first-order valence-electron chi connectivity index (χ1n) is 9.61. The van der Waals surface area contributed by atoms with E-state index in [1.54, 1.807) is 10.7 Å². The summed E-state index contributed by atoms with van der Waals surface area (Å²) in [4.78, 5) is 16.1. The number of nitrogens with zero attached hydrogens (tertiary/aromatic N) is 5. The molecule has 30 heavy (non-hydrogen) atoms. The Morgan fingerprint density at radius 2 is 2.23 bits per heavy atom. The molecule has 0 saturated carbocycles. The van der Waals surface area contributed by atoms with Crippen molar-refractivity contribution in [2.75, 3.05) is 31.1 Å². The molecule has 2 aliphatic heterocycles. The Morgan fingerprint density at radius 3 is 3.03 bits per heavy atom. The van der Waals surface area contributed by atoms with Gasteiger partial charge in [0.05, 0.1) is 29.0 Å². The number of rotatable bonds is 2. The molecule has 0 aliphatic carbocycles. The molecule has 0 bridgehead atoms. The van der Waals surface area contributed by atoms with Gasteiger partial charge in [0, 0.05) is 35.9 Å². The fourth-order valence-electron chi connectivity index (χ4n) is 4.26. The maximum atomic E-state index is 12.0. The number of hydrogen-bond donors (Lipinski definition) is 0. The van der Waals surface area contributed by atoms with E-state index in [1.807, 2.05) is 29.3 Å². The lowest BCUT2D eigenvalue weighted by atomic mass is 10.0. The summed E-state index contributed by atoms with van der Waals surface area (Å²) in [6, 6.07) is 10.5. The molecule has 0 spiro atoms. The van der Waals surface area contributed by atoms with Crippen molar-refractivity contribution < 1.29 is 9.53 Å². The number of carbonyl (C=O) groups excluding carboxylic acids is 1. The number of amides is 1. The molecule has 5 rings (SSSR count). The van der Waals surface area contributed by atoms with Crippen molar-refractivity contribution in [1.82, 2.24) is 14.5 Å². The summed E-state index contributed by atoms with van der Waals surface area (Å²) < 4.78 is 8.68. The van der Waals surface area contributed by atoms with Gasteiger partial charge in [-0.25, -0.2) is 4.52 Å². The Bertz CT molecular complexity index is 1230. The van der Waals surface area contributed by atoms with E-state index in [0.29, 0.717) is 25.3 Å². The van der Waals surface area contributed by atoms with E-state index < -0.39 is 0 Å². The van der Waals surface area contributed by atoms with Crippen LogP contribution < -0.4 is 9.64 Å². The van der Waals surface area contributed by atoms with E-state index in [4.69, 9.17) is 4.74 Å². The number of fused-ring (bicyclic) bond motifs is 4. The van der Waals surface area contributed by atoms with Gasteiger partial charge in [0.15, 0.2) is 0 Å². The van der Waals surface area contributed by atoms with Gasteiger partial charge in [0.25, 0.3) is 0 Å². The van der Waals surface area contributed by atoms with E-state index in [9.17, 15) is 10.1 Å². The smallest absolute Gasteiger partial charge is 0.246 e. The molecule has 1 amide bonds. The SMILES string of the molecule is C=CC(=O)N1CCN2c3ccc(-c4cc(Br)cn5ncc(C#N)c45)cc3OC[C@H]2C1. The van der Waals surface area contributed by atoms with Gasteiger partial charge in [0.1, 0.15) is 18.4 Å². The number of anilines is 1. The molecule has 2 aliphatic rings. The number of hydrogen-bond acceptors (Lipinski definition) is 5. The lowest BCUT2D eigenvalue weighted by Gasteiger charge is -2.45. The van der Waals surface area contributed by atoms with E-state index in [-0.39, 0.29) is 11.9 Å². The third-order valence-corrected chi connectivity index (χ3v) is 6.11. The van der Waals surface area contributed by atoms with Crippen LogP contribution in [0.3, 0.4) is 0 Å². The molecule has 0 N–H and O–H groups in total. The molecule has 3 aromatic rings. The highest BCUT2D eigenvalue weighted by molar-refractivity contribution is 9.10. The van der Waals surface area contributed by atoms with E-state index in [1.165, 1.54) is 6.08 Å². The summed E-state index contributed by atoms with van der Waals surface area (Å²) >= 11 is 3.53. The first-order chi connectivity index (χ1) is 14.6. The third-order valence-electron chi connectivity index (χ3n) is 5.68. The zero-order valence-electron chi connectivity index (χ0n) is 16.1. The van der Waals surface area contributed by atoms with Crippen molar-refractivity contribution in [2.24, 2.45) is 0 Å². The number of nitriles is 1. The Morgan fingerprint density at radius 1 is 1.37 bits per heavy atom. The summed E-state index contributed by atoms with van der Waals surface area (Å²) in [7, 11) is 0. The highest BCUT2D eigenvalue weighted by atomic mass is 79.9. The Labute approximate surface area is 181 Å². The van der Waals surface area contributed by atoms with Crippen LogP contribution >= 0.6 is 15.9 Å². The van der Waals surface area contributed by atoms with Crippen LogP contribution in [0.25, 0.3) is 16.6 Å². The lowest BCUT2D eigenvalue weighted by molar-refractivity contribution is -0.127. The van der Waals surface area contributed by atoms with Crippen molar-refractivity contribution in [3.05, 3.63) is 59.4 Å². The van der Waals surface area contributed by atoms with Gasteiger partial charge in [-0.05, 0) is 45.8 Å². The van der Waals surface area contributed by atoms with Crippen LogP contribution in [0.4, 0.5) is 5.69 Å². The lowest BCUT2D eigenvalue weighted by Crippen LogP contribution is -2.58. The Hall–Kier alpha value is -3.31. The predicted molar refractivity (Wildman–Crippen MR) is 116 cm³/mol. The highest BCUT2D eigenvalue weighted by Gasteiger charge is 2.34. The van der Waals surface area contributed by atoms with Crippen molar-refractivity contribution in [3.8, 4) is 22.9 Å². The quantitative estimate of drug-likeness (QED) is 0.545. The van der Waals surface area contributed by atoms with Crippen LogP contribution in [0.2, 0.25) is 0 Å². The molecule has 7 nitrogen and oxygen atoms in total. The van der Waals surface area contributed by atoms with Crippen LogP contribution in [0.1, 0.15) is 5.56 Å². The Balaban J connectivity index is 1.52. The van der Waals surface area contributed by atoms with Crippen LogP contribution in [0.5, 0.6) is 5.75 Å². The predicted octanol–water partition coefficient (Wildman–Crippen LogP) is 3.23. The number of carbonyl (C=O) groups is 1. The Kier molecular flexibility index (Phi) is 4.48. The molecule has 2 aromatic heterocycles. The van der Waals surface area contributed by atoms with E-state index in [2.05, 4.69) is 44.6 Å². The summed E-state index contributed by atoms with van der Waals surface area (Å²) in [6.45, 7) is 6.14. The summed E-state index contributed by atoms with van der Waals surface area (Å²) in [5.41, 5.74) is 4.19. The fraction of sp³-hybridized carbons (Fsp3) is 0.227. The van der Waals surface area contributed by atoms with Gasteiger partial charge in [-0.15, -0.1) is 0 Å². The zero-order chi connectivity index (χ0) is 20.8. The topological polar surface area (TPSA) is 73.9 Å². The molecule has 1 aromatic carbocycles. The number of aromatic nitrogens is 2. The molecule has 1 saturated heterocycles. The number of pyridine rings is 1. The van der Waals surface area contributed by atoms with Crippen molar-refractivity contribution >= 4 is 33.0 Å². The maximum absolute atomic E-state index is 12.0. The van der Waals surface area contributed by atoms with Gasteiger partial charge >= 0.3 is 0 Å². The second kappa shape index (κ2) is 7.18. The minimum atomic E-state index is -0.0384. The monoisotopic (exact) mass is 463 g/mol. The number of piperazine rings is 1. The first kappa shape index (κ1) is 18.7. The van der Waals surface area contributed by atoms with Gasteiger partial charge in [-0.1, -0.05) is 12.6 Å². The zero-order valence-corrected chi connectivity index (χ0v) is 17.7. The van der Waals surface area contributed by atoms with E-state index in [0.717, 1.165) is 39.1 Å². The second-order valence-electron chi connectivity index (χ2n) is 7.36. The fourth-order valence-corrected chi connectivity index (χ4v) is 4.68.